The van der Waals surface area contributed by atoms with E-state index >= 15 is 0 Å². The lowest BCUT2D eigenvalue weighted by Crippen LogP contribution is -2.07. The van der Waals surface area contributed by atoms with E-state index in [0.717, 1.165) is 24.0 Å². The number of rotatable bonds is 4. The van der Waals surface area contributed by atoms with Crippen LogP contribution in [0.4, 0.5) is 8.78 Å². The molecule has 1 aromatic heterocycles. The lowest BCUT2D eigenvalue weighted by Gasteiger charge is -2.11. The van der Waals surface area contributed by atoms with Crippen LogP contribution in [0.1, 0.15) is 30.1 Å². The monoisotopic (exact) mass is 291 g/mol. The number of nitrogens with zero attached hydrogens (tertiary/aromatic N) is 1. The molecule has 0 bridgehead atoms. The molecule has 21 heavy (non-hydrogen) atoms. The van der Waals surface area contributed by atoms with Gasteiger partial charge >= 0.3 is 0 Å². The topological polar surface area (TPSA) is 53.4 Å². The van der Waals surface area contributed by atoms with E-state index in [9.17, 15) is 19.0 Å². The second kappa shape index (κ2) is 5.16. The molecule has 0 amide bonds. The van der Waals surface area contributed by atoms with Crippen molar-refractivity contribution in [1.29, 1.82) is 0 Å². The van der Waals surface area contributed by atoms with E-state index in [1.54, 1.807) is 24.4 Å². The fourth-order valence-electron chi connectivity index (χ4n) is 2.24. The Hall–Kier alpha value is -1.85. The summed E-state index contributed by atoms with van der Waals surface area (Å²) in [4.78, 5) is 4.29. The van der Waals surface area contributed by atoms with Crippen LogP contribution in [0.3, 0.4) is 0 Å². The zero-order chi connectivity index (χ0) is 15.0. The van der Waals surface area contributed by atoms with Gasteiger partial charge < -0.3 is 10.2 Å². The molecule has 1 aliphatic rings. The lowest BCUT2D eigenvalue weighted by molar-refractivity contribution is -0.00577. The predicted octanol–water partition coefficient (Wildman–Crippen LogP) is 3.03. The molecule has 1 aliphatic carbocycles. The number of pyridine rings is 1. The number of hydrogen-bond acceptors (Lipinski definition) is 3. The van der Waals surface area contributed by atoms with Crippen molar-refractivity contribution in [3.63, 3.8) is 0 Å². The molecule has 3 nitrogen and oxygen atoms in total. The average Bonchev–Trinajstić information content (AvgIpc) is 3.26. The first-order chi connectivity index (χ1) is 9.99. The van der Waals surface area contributed by atoms with E-state index < -0.39 is 18.1 Å². The van der Waals surface area contributed by atoms with Crippen LogP contribution in [0, 0.1) is 0 Å². The molecule has 1 unspecified atom stereocenters. The zero-order valence-electron chi connectivity index (χ0n) is 11.2. The van der Waals surface area contributed by atoms with Gasteiger partial charge in [-0.25, -0.2) is 8.78 Å². The fraction of sp³-hybridized carbons (Fsp3) is 0.312. The third-order valence-corrected chi connectivity index (χ3v) is 3.81. The Bertz CT molecular complexity index is 622. The van der Waals surface area contributed by atoms with E-state index in [-0.39, 0.29) is 5.56 Å². The minimum absolute atomic E-state index is 0.178. The van der Waals surface area contributed by atoms with Gasteiger partial charge in [0, 0.05) is 17.3 Å². The average molecular weight is 291 g/mol. The molecule has 3 rings (SSSR count). The van der Waals surface area contributed by atoms with E-state index in [2.05, 4.69) is 4.98 Å². The number of aliphatic hydroxyl groups excluding tert-OH is 1. The summed E-state index contributed by atoms with van der Waals surface area (Å²) < 4.78 is 24.8. The largest absolute Gasteiger partial charge is 0.385 e. The number of hydrogen-bond donors (Lipinski definition) is 2. The summed E-state index contributed by atoms with van der Waals surface area (Å²) in [6.07, 6.45) is -1.40. The van der Waals surface area contributed by atoms with Crippen LogP contribution in [-0.4, -0.2) is 21.6 Å². The van der Waals surface area contributed by atoms with Gasteiger partial charge in [-0.15, -0.1) is 0 Å². The Kier molecular flexibility index (Phi) is 3.47. The van der Waals surface area contributed by atoms with Crippen molar-refractivity contribution in [2.45, 2.75) is 31.0 Å². The first-order valence-corrected chi connectivity index (χ1v) is 6.75. The quantitative estimate of drug-likeness (QED) is 0.910. The minimum atomic E-state index is -2.80. The maximum atomic E-state index is 12.4. The van der Waals surface area contributed by atoms with Crippen LogP contribution in [0.2, 0.25) is 0 Å². The van der Waals surface area contributed by atoms with Crippen molar-refractivity contribution in [2.75, 3.05) is 0 Å². The summed E-state index contributed by atoms with van der Waals surface area (Å²) in [6.45, 7) is 0. The molecule has 2 N–H and O–H groups in total. The number of alkyl halides is 2. The van der Waals surface area contributed by atoms with Crippen molar-refractivity contribution in [1.82, 2.24) is 4.98 Å². The molecule has 1 aromatic carbocycles. The third kappa shape index (κ3) is 2.80. The molecule has 1 heterocycles. The van der Waals surface area contributed by atoms with Crippen molar-refractivity contribution < 1.29 is 19.0 Å². The molecule has 110 valence electrons. The van der Waals surface area contributed by atoms with E-state index in [1.165, 1.54) is 12.1 Å². The van der Waals surface area contributed by atoms with Crippen molar-refractivity contribution >= 4 is 0 Å². The summed E-state index contributed by atoms with van der Waals surface area (Å²) in [5.41, 5.74) is 1.74. The minimum Gasteiger partial charge on any atom is -0.385 e. The summed E-state index contributed by atoms with van der Waals surface area (Å²) in [5.74, 6) is 0. The Balaban J connectivity index is 1.80. The number of benzene rings is 1. The molecule has 0 spiro atoms. The Morgan fingerprint density at radius 1 is 1.05 bits per heavy atom. The van der Waals surface area contributed by atoms with E-state index in [1.807, 2.05) is 6.07 Å². The molecule has 1 saturated carbocycles. The molecular weight excluding hydrogens is 276 g/mol. The highest BCUT2D eigenvalue weighted by atomic mass is 19.3. The maximum absolute atomic E-state index is 12.4. The van der Waals surface area contributed by atoms with Gasteiger partial charge in [0.2, 0.25) is 0 Å². The molecule has 1 atom stereocenters. The summed E-state index contributed by atoms with van der Waals surface area (Å²) in [6, 6.07) is 9.86. The van der Waals surface area contributed by atoms with Gasteiger partial charge in [0.25, 0.3) is 6.43 Å². The number of aromatic nitrogens is 1. The fourth-order valence-corrected chi connectivity index (χ4v) is 2.24. The molecular formula is C16H15F2NO2. The highest BCUT2D eigenvalue weighted by Crippen LogP contribution is 2.45. The highest BCUT2D eigenvalue weighted by molar-refractivity contribution is 5.59. The third-order valence-electron chi connectivity index (χ3n) is 3.81. The number of halogens is 2. The first kappa shape index (κ1) is 14.1. The van der Waals surface area contributed by atoms with Crippen LogP contribution in [0.25, 0.3) is 11.3 Å². The zero-order valence-corrected chi connectivity index (χ0v) is 11.2. The van der Waals surface area contributed by atoms with E-state index in [4.69, 9.17) is 0 Å². The normalized spacial score (nSPS) is 17.8. The molecule has 5 heteroatoms. The summed E-state index contributed by atoms with van der Waals surface area (Å²) in [5, 5.41) is 19.3. The summed E-state index contributed by atoms with van der Waals surface area (Å²) >= 11 is 0. The van der Waals surface area contributed by atoms with Gasteiger partial charge in [0.15, 0.2) is 0 Å². The maximum Gasteiger partial charge on any atom is 0.268 e. The van der Waals surface area contributed by atoms with Crippen molar-refractivity contribution in [3.8, 4) is 11.3 Å². The second-order valence-electron chi connectivity index (χ2n) is 5.36. The van der Waals surface area contributed by atoms with Gasteiger partial charge in [0.1, 0.15) is 6.10 Å². The van der Waals surface area contributed by atoms with Crippen LogP contribution < -0.4 is 0 Å². The van der Waals surface area contributed by atoms with Gasteiger partial charge in [-0.2, -0.15) is 0 Å². The van der Waals surface area contributed by atoms with E-state index in [0.29, 0.717) is 5.69 Å². The highest BCUT2D eigenvalue weighted by Gasteiger charge is 2.42. The van der Waals surface area contributed by atoms with Gasteiger partial charge in [-0.05, 0) is 24.5 Å². The van der Waals surface area contributed by atoms with Gasteiger partial charge in [-0.1, -0.05) is 30.3 Å². The predicted molar refractivity (Wildman–Crippen MR) is 73.8 cm³/mol. The standard InChI is InChI=1S/C16H15F2NO2/c17-15(18)14(20)11-3-1-10(2-4-11)13-6-5-12(9-19-13)16(21)7-8-16/h1-6,9,14-15,20-21H,7-8H2. The Morgan fingerprint density at radius 3 is 2.19 bits per heavy atom. The molecule has 0 aliphatic heterocycles. The molecule has 0 saturated heterocycles. The second-order valence-corrected chi connectivity index (χ2v) is 5.36. The van der Waals surface area contributed by atoms with Gasteiger partial charge in [0.05, 0.1) is 11.3 Å². The van der Waals surface area contributed by atoms with Crippen molar-refractivity contribution in [3.05, 3.63) is 53.7 Å². The number of aliphatic hydroxyl groups is 2. The van der Waals surface area contributed by atoms with Gasteiger partial charge in [-0.3, -0.25) is 4.98 Å². The lowest BCUT2D eigenvalue weighted by atomic mass is 10.0. The Morgan fingerprint density at radius 2 is 1.71 bits per heavy atom. The molecule has 1 fully saturated rings. The molecule has 0 radical (unpaired) electrons. The first-order valence-electron chi connectivity index (χ1n) is 6.75. The van der Waals surface area contributed by atoms with Crippen LogP contribution in [0.15, 0.2) is 42.6 Å². The SMILES string of the molecule is OC(c1ccc(-c2ccc(C3(O)CC3)cn2)cc1)C(F)F. The van der Waals surface area contributed by atoms with Crippen LogP contribution in [-0.2, 0) is 5.60 Å². The van der Waals surface area contributed by atoms with Crippen LogP contribution >= 0.6 is 0 Å². The Labute approximate surface area is 120 Å². The molecule has 2 aromatic rings. The summed E-state index contributed by atoms with van der Waals surface area (Å²) in [7, 11) is 0. The smallest absolute Gasteiger partial charge is 0.268 e. The van der Waals surface area contributed by atoms with Crippen molar-refractivity contribution in [2.24, 2.45) is 0 Å². The van der Waals surface area contributed by atoms with Crippen LogP contribution in [0.5, 0.6) is 0 Å².